The molecule has 1 unspecified atom stereocenters. The van der Waals surface area contributed by atoms with Gasteiger partial charge in [0.2, 0.25) is 0 Å². The molecule has 4 heteroatoms. The first-order valence-electron chi connectivity index (χ1n) is 6.13. The van der Waals surface area contributed by atoms with Crippen molar-refractivity contribution in [2.45, 2.75) is 18.9 Å². The highest BCUT2D eigenvalue weighted by atomic mass is 127. The number of hydrogen-bond acceptors (Lipinski definition) is 1. The van der Waals surface area contributed by atoms with Crippen LogP contribution >= 0.6 is 50.1 Å². The van der Waals surface area contributed by atoms with Crippen molar-refractivity contribution in [3.05, 3.63) is 60.6 Å². The minimum Gasteiger partial charge on any atom is -0.377 e. The summed E-state index contributed by atoms with van der Waals surface area (Å²) in [5.41, 5.74) is 3.83. The van der Waals surface area contributed by atoms with Crippen LogP contribution in [-0.2, 0) is 6.42 Å². The number of hydrogen-bond donors (Lipinski definition) is 1. The smallest absolute Gasteiger partial charge is 0.0648 e. The molecule has 0 saturated heterocycles. The Bertz CT molecular complexity index is 630. The van der Waals surface area contributed by atoms with Gasteiger partial charge in [-0.25, -0.2) is 0 Å². The lowest BCUT2D eigenvalue weighted by molar-refractivity contribution is 0.762. The van der Waals surface area contributed by atoms with Gasteiger partial charge in [-0.1, -0.05) is 33.6 Å². The SMILES string of the molecule is Clc1cc(I)ccc1NC1CCc2cc(Br)ccc21. The summed E-state index contributed by atoms with van der Waals surface area (Å²) in [6, 6.07) is 13.0. The average Bonchev–Trinajstić information content (AvgIpc) is 2.75. The minimum atomic E-state index is 0.362. The average molecular weight is 449 g/mol. The van der Waals surface area contributed by atoms with Crippen LogP contribution in [0.1, 0.15) is 23.6 Å². The maximum atomic E-state index is 6.29. The highest BCUT2D eigenvalue weighted by Crippen LogP contribution is 2.37. The van der Waals surface area contributed by atoms with Crippen molar-refractivity contribution in [2.75, 3.05) is 5.32 Å². The fourth-order valence-corrected chi connectivity index (χ4v) is 3.85. The third-order valence-electron chi connectivity index (χ3n) is 3.44. The summed E-state index contributed by atoms with van der Waals surface area (Å²) in [6.45, 7) is 0. The van der Waals surface area contributed by atoms with Gasteiger partial charge >= 0.3 is 0 Å². The molecule has 0 aromatic heterocycles. The Balaban J connectivity index is 1.86. The van der Waals surface area contributed by atoms with Crippen LogP contribution in [0.15, 0.2) is 40.9 Å². The molecule has 0 saturated carbocycles. The van der Waals surface area contributed by atoms with Gasteiger partial charge in [0.15, 0.2) is 0 Å². The van der Waals surface area contributed by atoms with Gasteiger partial charge < -0.3 is 5.32 Å². The summed E-state index contributed by atoms with van der Waals surface area (Å²) >= 11 is 12.1. The van der Waals surface area contributed by atoms with Crippen molar-refractivity contribution in [3.8, 4) is 0 Å². The van der Waals surface area contributed by atoms with Gasteiger partial charge in [0.25, 0.3) is 0 Å². The van der Waals surface area contributed by atoms with E-state index in [1.54, 1.807) is 0 Å². The van der Waals surface area contributed by atoms with E-state index in [1.807, 2.05) is 6.07 Å². The molecule has 98 valence electrons. The standard InChI is InChI=1S/C15H12BrClIN/c16-10-2-4-12-9(7-10)1-5-14(12)19-15-6-3-11(18)8-13(15)17/h2-4,6-8,14,19H,1,5H2. The summed E-state index contributed by atoms with van der Waals surface area (Å²) in [7, 11) is 0. The van der Waals surface area contributed by atoms with Crippen LogP contribution in [0.5, 0.6) is 0 Å². The fraction of sp³-hybridized carbons (Fsp3) is 0.200. The maximum absolute atomic E-state index is 6.29. The van der Waals surface area contributed by atoms with Gasteiger partial charge in [0, 0.05) is 8.04 Å². The number of benzene rings is 2. The summed E-state index contributed by atoms with van der Waals surface area (Å²) in [5, 5.41) is 4.35. The highest BCUT2D eigenvalue weighted by molar-refractivity contribution is 14.1. The molecule has 0 aliphatic heterocycles. The van der Waals surface area contributed by atoms with Gasteiger partial charge in [0.1, 0.15) is 0 Å². The second-order valence-corrected chi connectivity index (χ2v) is 7.27. The molecule has 2 aromatic carbocycles. The normalized spacial score (nSPS) is 17.3. The lowest BCUT2D eigenvalue weighted by Gasteiger charge is -2.17. The second kappa shape index (κ2) is 5.62. The van der Waals surface area contributed by atoms with Gasteiger partial charge in [-0.05, 0) is 76.9 Å². The first-order valence-corrected chi connectivity index (χ1v) is 8.38. The molecule has 19 heavy (non-hydrogen) atoms. The summed E-state index contributed by atoms with van der Waals surface area (Å²) in [4.78, 5) is 0. The molecule has 1 atom stereocenters. The number of halogens is 3. The molecular formula is C15H12BrClIN. The van der Waals surface area contributed by atoms with E-state index >= 15 is 0 Å². The Morgan fingerprint density at radius 2 is 2.05 bits per heavy atom. The van der Waals surface area contributed by atoms with E-state index in [1.165, 1.54) is 11.1 Å². The quantitative estimate of drug-likeness (QED) is 0.572. The second-order valence-electron chi connectivity index (χ2n) is 4.70. The Morgan fingerprint density at radius 1 is 1.21 bits per heavy atom. The predicted octanol–water partition coefficient (Wildman–Crippen LogP) is 5.81. The lowest BCUT2D eigenvalue weighted by atomic mass is 10.1. The molecule has 1 aliphatic carbocycles. The maximum Gasteiger partial charge on any atom is 0.0648 e. The van der Waals surface area contributed by atoms with Crippen molar-refractivity contribution < 1.29 is 0 Å². The zero-order valence-electron chi connectivity index (χ0n) is 10.1. The van der Waals surface area contributed by atoms with E-state index in [-0.39, 0.29) is 0 Å². The number of fused-ring (bicyclic) bond motifs is 1. The topological polar surface area (TPSA) is 12.0 Å². The van der Waals surface area contributed by atoms with Crippen LogP contribution in [0.25, 0.3) is 0 Å². The molecule has 0 amide bonds. The monoisotopic (exact) mass is 447 g/mol. The van der Waals surface area contributed by atoms with E-state index in [0.717, 1.165) is 31.6 Å². The van der Waals surface area contributed by atoms with Crippen molar-refractivity contribution >= 4 is 55.8 Å². The van der Waals surface area contributed by atoms with Crippen LogP contribution in [0.2, 0.25) is 5.02 Å². The van der Waals surface area contributed by atoms with E-state index in [9.17, 15) is 0 Å². The van der Waals surface area contributed by atoms with Crippen molar-refractivity contribution in [3.63, 3.8) is 0 Å². The minimum absolute atomic E-state index is 0.362. The zero-order chi connectivity index (χ0) is 13.4. The van der Waals surface area contributed by atoms with Gasteiger partial charge in [-0.2, -0.15) is 0 Å². The molecule has 0 radical (unpaired) electrons. The van der Waals surface area contributed by atoms with Gasteiger partial charge in [-0.3, -0.25) is 0 Å². The Morgan fingerprint density at radius 3 is 2.84 bits per heavy atom. The first-order chi connectivity index (χ1) is 9.13. The van der Waals surface area contributed by atoms with E-state index < -0.39 is 0 Å². The lowest BCUT2D eigenvalue weighted by Crippen LogP contribution is -2.07. The Kier molecular flexibility index (Phi) is 4.06. The third kappa shape index (κ3) is 2.93. The summed E-state index contributed by atoms with van der Waals surface area (Å²) in [6.07, 6.45) is 2.24. The van der Waals surface area contributed by atoms with Crippen LogP contribution in [0.3, 0.4) is 0 Å². The predicted molar refractivity (Wildman–Crippen MR) is 93.0 cm³/mol. The molecule has 1 N–H and O–H groups in total. The fourth-order valence-electron chi connectivity index (χ4n) is 2.53. The van der Waals surface area contributed by atoms with Crippen LogP contribution in [0, 0.1) is 3.57 Å². The van der Waals surface area contributed by atoms with Crippen molar-refractivity contribution in [2.24, 2.45) is 0 Å². The first kappa shape index (κ1) is 13.7. The number of aryl methyl sites for hydroxylation is 1. The third-order valence-corrected chi connectivity index (χ3v) is 4.92. The van der Waals surface area contributed by atoms with E-state index in [4.69, 9.17) is 11.6 Å². The Labute approximate surface area is 140 Å². The molecule has 0 spiro atoms. The van der Waals surface area contributed by atoms with Crippen molar-refractivity contribution in [1.82, 2.24) is 0 Å². The highest BCUT2D eigenvalue weighted by Gasteiger charge is 2.22. The molecule has 1 aliphatic rings. The van der Waals surface area contributed by atoms with Gasteiger partial charge in [-0.15, -0.1) is 0 Å². The van der Waals surface area contributed by atoms with Crippen LogP contribution in [-0.4, -0.2) is 0 Å². The molecule has 0 heterocycles. The molecule has 2 aromatic rings. The molecule has 0 bridgehead atoms. The zero-order valence-corrected chi connectivity index (χ0v) is 14.6. The van der Waals surface area contributed by atoms with Crippen molar-refractivity contribution in [1.29, 1.82) is 0 Å². The van der Waals surface area contributed by atoms with E-state index in [0.29, 0.717) is 6.04 Å². The summed E-state index contributed by atoms with van der Waals surface area (Å²) < 4.78 is 2.31. The molecule has 0 fully saturated rings. The summed E-state index contributed by atoms with van der Waals surface area (Å²) in [5.74, 6) is 0. The largest absolute Gasteiger partial charge is 0.377 e. The van der Waals surface area contributed by atoms with E-state index in [2.05, 4.69) is 74.2 Å². The number of rotatable bonds is 2. The number of nitrogens with one attached hydrogen (secondary N) is 1. The van der Waals surface area contributed by atoms with Crippen LogP contribution in [0.4, 0.5) is 5.69 Å². The number of anilines is 1. The molecule has 3 rings (SSSR count). The van der Waals surface area contributed by atoms with Crippen LogP contribution < -0.4 is 5.32 Å². The molecule has 1 nitrogen and oxygen atoms in total. The van der Waals surface area contributed by atoms with Gasteiger partial charge in [0.05, 0.1) is 16.8 Å². The molecular weight excluding hydrogens is 436 g/mol. The Hall–Kier alpha value is -0.260.